The van der Waals surface area contributed by atoms with Crippen LogP contribution in [0.3, 0.4) is 0 Å². The Morgan fingerprint density at radius 1 is 1.24 bits per heavy atom. The van der Waals surface area contributed by atoms with Gasteiger partial charge in [-0.1, -0.05) is 34.1 Å². The van der Waals surface area contributed by atoms with Crippen LogP contribution in [0.1, 0.15) is 53.9 Å². The molecule has 0 aliphatic rings. The Morgan fingerprint density at radius 2 is 1.82 bits per heavy atom. The number of primary amides is 1. The third-order valence-electron chi connectivity index (χ3n) is 2.72. The van der Waals surface area contributed by atoms with E-state index in [1.54, 1.807) is 0 Å². The van der Waals surface area contributed by atoms with Gasteiger partial charge in [0.05, 0.1) is 5.54 Å². The zero-order valence-corrected chi connectivity index (χ0v) is 12.7. The van der Waals surface area contributed by atoms with Gasteiger partial charge in [-0.15, -0.1) is 0 Å². The maximum absolute atomic E-state index is 11.4. The van der Waals surface area contributed by atoms with Crippen LogP contribution >= 0.6 is 11.8 Å². The van der Waals surface area contributed by atoms with Gasteiger partial charge in [-0.05, 0) is 32.1 Å². The second-order valence-corrected chi connectivity index (χ2v) is 7.57. The van der Waals surface area contributed by atoms with Crippen molar-refractivity contribution < 1.29 is 4.79 Å². The van der Waals surface area contributed by atoms with E-state index < -0.39 is 5.54 Å². The molecular weight excluding hydrogens is 232 g/mol. The Labute approximate surface area is 110 Å². The minimum atomic E-state index is -0.541. The fourth-order valence-corrected chi connectivity index (χ4v) is 2.61. The van der Waals surface area contributed by atoms with Gasteiger partial charge < -0.3 is 11.1 Å². The van der Waals surface area contributed by atoms with Gasteiger partial charge in [-0.3, -0.25) is 4.79 Å². The number of amides is 1. The van der Waals surface area contributed by atoms with Gasteiger partial charge in [-0.25, -0.2) is 0 Å². The molecule has 0 aromatic heterocycles. The molecule has 1 atom stereocenters. The number of carbonyl (C=O) groups excluding carboxylic acids is 1. The van der Waals surface area contributed by atoms with Crippen LogP contribution in [-0.2, 0) is 4.79 Å². The first-order chi connectivity index (χ1) is 7.71. The first-order valence-electron chi connectivity index (χ1n) is 6.40. The molecule has 0 saturated carbocycles. The third-order valence-corrected chi connectivity index (χ3v) is 4.08. The average Bonchev–Trinajstić information content (AvgIpc) is 2.15. The number of nitrogens with one attached hydrogen (secondary N) is 1. The van der Waals surface area contributed by atoms with Crippen molar-refractivity contribution >= 4 is 17.7 Å². The van der Waals surface area contributed by atoms with Crippen LogP contribution in [-0.4, -0.2) is 28.5 Å². The zero-order chi connectivity index (χ0) is 13.5. The zero-order valence-electron chi connectivity index (χ0n) is 11.9. The smallest absolute Gasteiger partial charge is 0.237 e. The van der Waals surface area contributed by atoms with Crippen LogP contribution in [0.2, 0.25) is 0 Å². The van der Waals surface area contributed by atoms with E-state index in [0.717, 1.165) is 31.6 Å². The van der Waals surface area contributed by atoms with Crippen molar-refractivity contribution in [1.82, 2.24) is 5.32 Å². The van der Waals surface area contributed by atoms with Crippen molar-refractivity contribution in [3.8, 4) is 0 Å². The fraction of sp³-hybridized carbons (Fsp3) is 0.923. The SMILES string of the molecule is CCNC(C)(CCCCSC(C)(C)C)C(N)=O. The molecule has 17 heavy (non-hydrogen) atoms. The fourth-order valence-electron chi connectivity index (χ4n) is 1.65. The van der Waals surface area contributed by atoms with E-state index in [2.05, 4.69) is 26.1 Å². The first-order valence-corrected chi connectivity index (χ1v) is 7.39. The highest BCUT2D eigenvalue weighted by molar-refractivity contribution is 8.00. The number of rotatable bonds is 8. The van der Waals surface area contributed by atoms with Gasteiger partial charge >= 0.3 is 0 Å². The largest absolute Gasteiger partial charge is 0.368 e. The molecular formula is C13H28N2OS. The summed E-state index contributed by atoms with van der Waals surface area (Å²) in [6.45, 7) is 11.3. The third kappa shape index (κ3) is 7.66. The number of hydrogen-bond donors (Lipinski definition) is 2. The number of unbranched alkanes of at least 4 members (excludes halogenated alkanes) is 1. The van der Waals surface area contributed by atoms with Crippen LogP contribution in [0.4, 0.5) is 0 Å². The summed E-state index contributed by atoms with van der Waals surface area (Å²) >= 11 is 1.97. The number of likely N-dealkylation sites (N-methyl/N-ethyl adjacent to an activating group) is 1. The molecule has 1 unspecified atom stereocenters. The summed E-state index contributed by atoms with van der Waals surface area (Å²) in [7, 11) is 0. The molecule has 0 heterocycles. The summed E-state index contributed by atoms with van der Waals surface area (Å²) in [5, 5.41) is 3.18. The second kappa shape index (κ2) is 7.27. The summed E-state index contributed by atoms with van der Waals surface area (Å²) < 4.78 is 0.328. The van der Waals surface area contributed by atoms with Crippen molar-refractivity contribution in [2.24, 2.45) is 5.73 Å². The van der Waals surface area contributed by atoms with Crippen LogP contribution in [0.5, 0.6) is 0 Å². The quantitative estimate of drug-likeness (QED) is 0.659. The predicted octanol–water partition coefficient (Wildman–Crippen LogP) is 2.54. The standard InChI is InChI=1S/C13H28N2OS/c1-6-15-13(5,11(14)16)9-7-8-10-17-12(2,3)4/h15H,6-10H2,1-5H3,(H2,14,16). The molecule has 0 spiro atoms. The predicted molar refractivity (Wildman–Crippen MR) is 77.3 cm³/mol. The molecule has 102 valence electrons. The van der Waals surface area contributed by atoms with Crippen molar-refractivity contribution in [1.29, 1.82) is 0 Å². The number of hydrogen-bond acceptors (Lipinski definition) is 3. The summed E-state index contributed by atoms with van der Waals surface area (Å²) in [5.74, 6) is 0.896. The molecule has 3 nitrogen and oxygen atoms in total. The summed E-state index contributed by atoms with van der Waals surface area (Å²) in [4.78, 5) is 11.4. The minimum absolute atomic E-state index is 0.247. The van der Waals surface area contributed by atoms with E-state index >= 15 is 0 Å². The molecule has 1 amide bonds. The first kappa shape index (κ1) is 16.8. The Balaban J connectivity index is 3.88. The normalized spacial score (nSPS) is 15.6. The second-order valence-electron chi connectivity index (χ2n) is 5.64. The molecule has 0 fully saturated rings. The topological polar surface area (TPSA) is 55.1 Å². The number of carbonyl (C=O) groups is 1. The number of thioether (sulfide) groups is 1. The molecule has 0 saturated heterocycles. The van der Waals surface area contributed by atoms with E-state index in [0.29, 0.717) is 4.75 Å². The van der Waals surface area contributed by atoms with Gasteiger partial charge in [-0.2, -0.15) is 11.8 Å². The highest BCUT2D eigenvalue weighted by Gasteiger charge is 2.28. The van der Waals surface area contributed by atoms with E-state index in [1.807, 2.05) is 25.6 Å². The molecule has 0 radical (unpaired) electrons. The lowest BCUT2D eigenvalue weighted by Gasteiger charge is -2.27. The molecule has 0 aliphatic heterocycles. The summed E-state index contributed by atoms with van der Waals surface area (Å²) in [6.07, 6.45) is 2.99. The molecule has 0 rings (SSSR count). The van der Waals surface area contributed by atoms with Gasteiger partial charge in [0.2, 0.25) is 5.91 Å². The highest BCUT2D eigenvalue weighted by Crippen LogP contribution is 2.25. The van der Waals surface area contributed by atoms with Crippen LogP contribution in [0.25, 0.3) is 0 Å². The maximum atomic E-state index is 11.4. The van der Waals surface area contributed by atoms with E-state index in [9.17, 15) is 4.79 Å². The summed E-state index contributed by atoms with van der Waals surface area (Å²) in [6, 6.07) is 0. The number of nitrogens with two attached hydrogens (primary N) is 1. The van der Waals surface area contributed by atoms with Crippen molar-refractivity contribution in [2.45, 2.75) is 64.2 Å². The van der Waals surface area contributed by atoms with Crippen molar-refractivity contribution in [2.75, 3.05) is 12.3 Å². The van der Waals surface area contributed by atoms with Gasteiger partial charge in [0.1, 0.15) is 0 Å². The van der Waals surface area contributed by atoms with Gasteiger partial charge in [0.15, 0.2) is 0 Å². The lowest BCUT2D eigenvalue weighted by Crippen LogP contribution is -2.52. The van der Waals surface area contributed by atoms with Crippen LogP contribution < -0.4 is 11.1 Å². The van der Waals surface area contributed by atoms with E-state index in [1.165, 1.54) is 0 Å². The Hall–Kier alpha value is -0.220. The van der Waals surface area contributed by atoms with Crippen LogP contribution in [0.15, 0.2) is 0 Å². The monoisotopic (exact) mass is 260 g/mol. The molecule has 0 aromatic rings. The van der Waals surface area contributed by atoms with Crippen molar-refractivity contribution in [3.05, 3.63) is 0 Å². The Morgan fingerprint density at radius 3 is 2.24 bits per heavy atom. The lowest BCUT2D eigenvalue weighted by atomic mass is 9.94. The van der Waals surface area contributed by atoms with Crippen LogP contribution in [0, 0.1) is 0 Å². The van der Waals surface area contributed by atoms with E-state index in [-0.39, 0.29) is 5.91 Å². The molecule has 0 aliphatic carbocycles. The molecule has 3 N–H and O–H groups in total. The molecule has 0 aromatic carbocycles. The van der Waals surface area contributed by atoms with E-state index in [4.69, 9.17) is 5.73 Å². The molecule has 4 heteroatoms. The Bertz CT molecular complexity index is 238. The van der Waals surface area contributed by atoms with Crippen molar-refractivity contribution in [3.63, 3.8) is 0 Å². The average molecular weight is 260 g/mol. The summed E-state index contributed by atoms with van der Waals surface area (Å²) in [5.41, 5.74) is 4.89. The minimum Gasteiger partial charge on any atom is -0.368 e. The highest BCUT2D eigenvalue weighted by atomic mass is 32.2. The Kier molecular flexibility index (Phi) is 7.17. The molecule has 0 bridgehead atoms. The van der Waals surface area contributed by atoms with Gasteiger partial charge in [0.25, 0.3) is 0 Å². The van der Waals surface area contributed by atoms with Gasteiger partial charge in [0, 0.05) is 4.75 Å². The lowest BCUT2D eigenvalue weighted by molar-refractivity contribution is -0.124. The maximum Gasteiger partial charge on any atom is 0.237 e.